The molecule has 1 saturated heterocycles. The van der Waals surface area contributed by atoms with E-state index >= 15 is 0 Å². The van der Waals surface area contributed by atoms with Gasteiger partial charge in [0.2, 0.25) is 5.91 Å². The minimum absolute atomic E-state index is 0.0675. The third-order valence-corrected chi connectivity index (χ3v) is 6.84. The number of halogens is 1. The van der Waals surface area contributed by atoms with Gasteiger partial charge in [0.1, 0.15) is 11.5 Å². The van der Waals surface area contributed by atoms with Gasteiger partial charge >= 0.3 is 0 Å². The predicted octanol–water partition coefficient (Wildman–Crippen LogP) is 5.01. The standard InChI is InChI=1S/C25H32ClN3O4S/c1-18(28-24(30)3-2-10-29-11-13-31-14-12-29)4-8-21-16-27-25(34-21)33-23-9-7-20(15-22(23)26)32-17-19-5-6-19/h4,7-9,15-16,18-19H,2-3,5-6,10-14,17H2,1H3,(H,28,30)/b8-4+/t18-/m0/s1. The number of nitrogens with zero attached hydrogens (tertiary/aromatic N) is 2. The number of benzene rings is 1. The van der Waals surface area contributed by atoms with Gasteiger partial charge in [0.25, 0.3) is 5.19 Å². The number of rotatable bonds is 12. The van der Waals surface area contributed by atoms with Gasteiger partial charge in [0, 0.05) is 37.8 Å². The van der Waals surface area contributed by atoms with Crippen LogP contribution in [0.15, 0.2) is 30.5 Å². The highest BCUT2D eigenvalue weighted by Gasteiger charge is 2.22. The second-order valence-electron chi connectivity index (χ2n) is 8.75. The Bertz CT molecular complexity index is 973. The van der Waals surface area contributed by atoms with Crippen molar-refractivity contribution in [2.45, 2.75) is 38.6 Å². The Morgan fingerprint density at radius 2 is 2.21 bits per heavy atom. The largest absolute Gasteiger partial charge is 0.493 e. The molecule has 0 radical (unpaired) electrons. The van der Waals surface area contributed by atoms with Gasteiger partial charge in [0.15, 0.2) is 0 Å². The van der Waals surface area contributed by atoms with Gasteiger partial charge < -0.3 is 19.5 Å². The van der Waals surface area contributed by atoms with Crippen molar-refractivity contribution in [3.05, 3.63) is 40.4 Å². The Hall–Kier alpha value is -2.13. The van der Waals surface area contributed by atoms with Crippen molar-refractivity contribution in [2.75, 3.05) is 39.5 Å². The molecule has 9 heteroatoms. The third kappa shape index (κ3) is 8.27. The molecule has 1 N–H and O–H groups in total. The first kappa shape index (κ1) is 25.0. The molecular weight excluding hydrogens is 474 g/mol. The van der Waals surface area contributed by atoms with Crippen LogP contribution in [0.3, 0.4) is 0 Å². The maximum atomic E-state index is 12.2. The van der Waals surface area contributed by atoms with E-state index in [1.807, 2.05) is 25.1 Å². The number of carbonyl (C=O) groups is 1. The zero-order valence-electron chi connectivity index (χ0n) is 19.5. The van der Waals surface area contributed by atoms with Gasteiger partial charge in [-0.3, -0.25) is 9.69 Å². The second kappa shape index (κ2) is 12.5. The molecule has 1 amide bonds. The van der Waals surface area contributed by atoms with E-state index in [0.717, 1.165) is 56.5 Å². The topological polar surface area (TPSA) is 72.9 Å². The molecule has 4 rings (SSSR count). The van der Waals surface area contributed by atoms with Crippen molar-refractivity contribution in [2.24, 2.45) is 5.92 Å². The van der Waals surface area contributed by atoms with E-state index < -0.39 is 0 Å². The van der Waals surface area contributed by atoms with Crippen LogP contribution >= 0.6 is 22.9 Å². The number of ether oxygens (including phenoxy) is 3. The van der Waals surface area contributed by atoms with Crippen LogP contribution in [0.1, 0.15) is 37.5 Å². The van der Waals surface area contributed by atoms with Crippen molar-refractivity contribution < 1.29 is 19.0 Å². The lowest BCUT2D eigenvalue weighted by Gasteiger charge is -2.26. The Morgan fingerprint density at radius 3 is 2.97 bits per heavy atom. The Labute approximate surface area is 210 Å². The lowest BCUT2D eigenvalue weighted by molar-refractivity contribution is -0.121. The lowest BCUT2D eigenvalue weighted by atomic mass is 10.2. The molecule has 0 spiro atoms. The summed E-state index contributed by atoms with van der Waals surface area (Å²) in [6.45, 7) is 7.11. The summed E-state index contributed by atoms with van der Waals surface area (Å²) >= 11 is 7.77. The number of hydrogen-bond donors (Lipinski definition) is 1. The maximum absolute atomic E-state index is 12.2. The van der Waals surface area contributed by atoms with E-state index in [9.17, 15) is 4.79 Å². The van der Waals surface area contributed by atoms with Crippen molar-refractivity contribution in [1.82, 2.24) is 15.2 Å². The minimum Gasteiger partial charge on any atom is -0.493 e. The highest BCUT2D eigenvalue weighted by atomic mass is 35.5. The highest BCUT2D eigenvalue weighted by molar-refractivity contribution is 7.14. The molecule has 1 saturated carbocycles. The number of nitrogens with one attached hydrogen (secondary N) is 1. The van der Waals surface area contributed by atoms with Gasteiger partial charge in [0.05, 0.1) is 29.7 Å². The van der Waals surface area contributed by atoms with E-state index in [2.05, 4.69) is 15.2 Å². The molecule has 2 fully saturated rings. The molecular formula is C25H32ClN3O4S. The van der Waals surface area contributed by atoms with Crippen LogP contribution in [0, 0.1) is 5.92 Å². The fourth-order valence-corrected chi connectivity index (χ4v) is 4.44. The molecule has 1 aliphatic carbocycles. The number of thiazole rings is 1. The first-order valence-electron chi connectivity index (χ1n) is 11.9. The number of morpholine rings is 1. The first-order chi connectivity index (χ1) is 16.5. The zero-order valence-corrected chi connectivity index (χ0v) is 21.1. The Kier molecular flexibility index (Phi) is 9.21. The summed E-state index contributed by atoms with van der Waals surface area (Å²) in [5.41, 5.74) is 0. The number of amides is 1. The predicted molar refractivity (Wildman–Crippen MR) is 135 cm³/mol. The van der Waals surface area contributed by atoms with E-state index in [1.54, 1.807) is 18.3 Å². The molecule has 2 aliphatic rings. The van der Waals surface area contributed by atoms with Crippen LogP contribution in [0.5, 0.6) is 16.7 Å². The molecule has 184 valence electrons. The highest BCUT2D eigenvalue weighted by Crippen LogP contribution is 2.35. The zero-order chi connectivity index (χ0) is 23.8. The molecule has 0 unspecified atom stereocenters. The maximum Gasteiger partial charge on any atom is 0.279 e. The molecule has 1 atom stereocenters. The molecule has 2 heterocycles. The average molecular weight is 506 g/mol. The Morgan fingerprint density at radius 1 is 1.38 bits per heavy atom. The van der Waals surface area contributed by atoms with Crippen molar-refractivity contribution in [3.8, 4) is 16.7 Å². The summed E-state index contributed by atoms with van der Waals surface area (Å²) in [5, 5.41) is 4.02. The SMILES string of the molecule is C[C@@H](/C=C/c1cnc(Oc2ccc(OCC3CC3)cc2Cl)s1)NC(=O)CCCN1CCOCC1. The number of carbonyl (C=O) groups excluding carboxylic acids is 1. The fourth-order valence-electron chi connectivity index (χ4n) is 3.54. The molecule has 0 bridgehead atoms. The van der Waals surface area contributed by atoms with Gasteiger partial charge in [-0.25, -0.2) is 4.98 Å². The fraction of sp³-hybridized carbons (Fsp3) is 0.520. The monoisotopic (exact) mass is 505 g/mol. The van der Waals surface area contributed by atoms with Crippen molar-refractivity contribution in [1.29, 1.82) is 0 Å². The van der Waals surface area contributed by atoms with Gasteiger partial charge in [-0.15, -0.1) is 0 Å². The summed E-state index contributed by atoms with van der Waals surface area (Å²) in [4.78, 5) is 19.8. The lowest BCUT2D eigenvalue weighted by Crippen LogP contribution is -2.37. The van der Waals surface area contributed by atoms with E-state index in [4.69, 9.17) is 25.8 Å². The van der Waals surface area contributed by atoms with E-state index in [-0.39, 0.29) is 11.9 Å². The van der Waals surface area contributed by atoms with Crippen LogP contribution in [0.2, 0.25) is 5.02 Å². The molecule has 1 aromatic carbocycles. The summed E-state index contributed by atoms with van der Waals surface area (Å²) < 4.78 is 17.0. The van der Waals surface area contributed by atoms with Crippen LogP contribution in [0.25, 0.3) is 6.08 Å². The average Bonchev–Trinajstić information content (AvgIpc) is 3.56. The summed E-state index contributed by atoms with van der Waals surface area (Å²) in [6.07, 6.45) is 9.52. The van der Waals surface area contributed by atoms with Crippen molar-refractivity contribution >= 4 is 34.9 Å². The molecule has 1 aliphatic heterocycles. The molecule has 7 nitrogen and oxygen atoms in total. The van der Waals surface area contributed by atoms with Crippen LogP contribution in [-0.2, 0) is 9.53 Å². The summed E-state index contributed by atoms with van der Waals surface area (Å²) in [7, 11) is 0. The smallest absolute Gasteiger partial charge is 0.279 e. The quantitative estimate of drug-likeness (QED) is 0.437. The van der Waals surface area contributed by atoms with E-state index in [0.29, 0.717) is 28.3 Å². The number of aromatic nitrogens is 1. The van der Waals surface area contributed by atoms with Gasteiger partial charge in [-0.1, -0.05) is 29.0 Å². The Balaban J connectivity index is 1.18. The summed E-state index contributed by atoms with van der Waals surface area (Å²) in [6, 6.07) is 5.38. The summed E-state index contributed by atoms with van der Waals surface area (Å²) in [5.74, 6) is 2.05. The van der Waals surface area contributed by atoms with Gasteiger partial charge in [-0.2, -0.15) is 0 Å². The van der Waals surface area contributed by atoms with Crippen molar-refractivity contribution in [3.63, 3.8) is 0 Å². The van der Waals surface area contributed by atoms with Crippen LogP contribution in [0.4, 0.5) is 0 Å². The van der Waals surface area contributed by atoms with Crippen LogP contribution in [-0.4, -0.2) is 61.3 Å². The van der Waals surface area contributed by atoms with E-state index in [1.165, 1.54) is 24.2 Å². The second-order valence-corrected chi connectivity index (χ2v) is 10.2. The molecule has 2 aromatic rings. The molecule has 1 aromatic heterocycles. The minimum atomic E-state index is -0.0695. The first-order valence-corrected chi connectivity index (χ1v) is 13.1. The van der Waals surface area contributed by atoms with Crippen LogP contribution < -0.4 is 14.8 Å². The third-order valence-electron chi connectivity index (χ3n) is 5.71. The molecule has 34 heavy (non-hydrogen) atoms. The normalized spacial score (nSPS) is 17.6. The van der Waals surface area contributed by atoms with Gasteiger partial charge in [-0.05, 0) is 56.9 Å². The number of hydrogen-bond acceptors (Lipinski definition) is 7.